The van der Waals surface area contributed by atoms with Gasteiger partial charge in [-0.05, 0) is 54.0 Å². The van der Waals surface area contributed by atoms with E-state index in [0.29, 0.717) is 16.8 Å². The van der Waals surface area contributed by atoms with Crippen LogP contribution in [0.1, 0.15) is 38.8 Å². The molecule has 0 radical (unpaired) electrons. The first-order chi connectivity index (χ1) is 14.2. The largest absolute Gasteiger partial charge is 0.465 e. The predicted molar refractivity (Wildman–Crippen MR) is 124 cm³/mol. The van der Waals surface area contributed by atoms with Crippen LogP contribution in [0.3, 0.4) is 0 Å². The molecule has 0 saturated carbocycles. The Morgan fingerprint density at radius 3 is 2.33 bits per heavy atom. The standard InChI is InChI=1S/C25H27NO3S/c1-16-22(24(28)29-5)21(14-17-10-12-18(13-11-17)25(2,3)4)23(27)26(16)19-8-7-9-20(15-19)30-6/h7-15H,1-6H3/b21-14-. The van der Waals surface area contributed by atoms with Crippen LogP contribution >= 0.6 is 11.8 Å². The number of allylic oxidation sites excluding steroid dienone is 1. The number of nitrogens with zero attached hydrogens (tertiary/aromatic N) is 1. The van der Waals surface area contributed by atoms with Crippen molar-refractivity contribution >= 4 is 35.4 Å². The zero-order chi connectivity index (χ0) is 22.1. The molecule has 1 heterocycles. The van der Waals surface area contributed by atoms with E-state index in [0.717, 1.165) is 16.1 Å². The summed E-state index contributed by atoms with van der Waals surface area (Å²) in [5.41, 5.74) is 4.06. The number of anilines is 1. The third-order valence-electron chi connectivity index (χ3n) is 5.19. The second-order valence-electron chi connectivity index (χ2n) is 8.22. The summed E-state index contributed by atoms with van der Waals surface area (Å²) >= 11 is 1.60. The molecule has 156 valence electrons. The smallest absolute Gasteiger partial charge is 0.340 e. The molecule has 1 amide bonds. The number of amides is 1. The minimum atomic E-state index is -0.512. The first-order valence-electron chi connectivity index (χ1n) is 9.77. The SMILES string of the molecule is COC(=O)C1=C(C)N(c2cccc(SC)c2)C(=O)/C1=C\c1ccc(C(C)(C)C)cc1. The molecule has 0 atom stereocenters. The number of esters is 1. The van der Waals surface area contributed by atoms with Crippen molar-refractivity contribution in [2.24, 2.45) is 0 Å². The van der Waals surface area contributed by atoms with E-state index in [1.165, 1.54) is 12.7 Å². The van der Waals surface area contributed by atoms with Gasteiger partial charge in [-0.15, -0.1) is 11.8 Å². The maximum absolute atomic E-state index is 13.4. The molecule has 2 aromatic rings. The van der Waals surface area contributed by atoms with Gasteiger partial charge in [0.2, 0.25) is 0 Å². The molecular formula is C25H27NO3S. The lowest BCUT2D eigenvalue weighted by molar-refractivity contribution is -0.136. The summed E-state index contributed by atoms with van der Waals surface area (Å²) in [6.45, 7) is 8.24. The molecule has 4 nitrogen and oxygen atoms in total. The van der Waals surface area contributed by atoms with Crippen molar-refractivity contribution in [2.45, 2.75) is 38.0 Å². The Bertz CT molecular complexity index is 1040. The second-order valence-corrected chi connectivity index (χ2v) is 9.10. The summed E-state index contributed by atoms with van der Waals surface area (Å²) in [4.78, 5) is 28.6. The van der Waals surface area contributed by atoms with Crippen LogP contribution in [0, 0.1) is 0 Å². The number of benzene rings is 2. The molecular weight excluding hydrogens is 394 g/mol. The monoisotopic (exact) mass is 421 g/mol. The highest BCUT2D eigenvalue weighted by Gasteiger charge is 2.38. The Balaban J connectivity index is 2.08. The lowest BCUT2D eigenvalue weighted by atomic mass is 9.86. The van der Waals surface area contributed by atoms with E-state index in [1.807, 2.05) is 42.7 Å². The summed E-state index contributed by atoms with van der Waals surface area (Å²) < 4.78 is 4.99. The highest BCUT2D eigenvalue weighted by atomic mass is 32.2. The van der Waals surface area contributed by atoms with E-state index in [9.17, 15) is 9.59 Å². The molecule has 2 aromatic carbocycles. The number of ether oxygens (including phenoxy) is 1. The van der Waals surface area contributed by atoms with Crippen LogP contribution < -0.4 is 4.90 Å². The lowest BCUT2D eigenvalue weighted by Crippen LogP contribution is -2.24. The maximum Gasteiger partial charge on any atom is 0.340 e. The van der Waals surface area contributed by atoms with E-state index >= 15 is 0 Å². The fourth-order valence-corrected chi connectivity index (χ4v) is 3.94. The molecule has 1 aliphatic heterocycles. The first kappa shape index (κ1) is 21.9. The Morgan fingerprint density at radius 1 is 1.10 bits per heavy atom. The van der Waals surface area contributed by atoms with Gasteiger partial charge < -0.3 is 4.74 Å². The van der Waals surface area contributed by atoms with Crippen LogP contribution in [0.2, 0.25) is 0 Å². The Kier molecular flexibility index (Phi) is 6.22. The molecule has 3 rings (SSSR count). The first-order valence-corrected chi connectivity index (χ1v) is 11.0. The van der Waals surface area contributed by atoms with E-state index in [-0.39, 0.29) is 11.3 Å². The topological polar surface area (TPSA) is 46.6 Å². The number of methoxy groups -OCH3 is 1. The third-order valence-corrected chi connectivity index (χ3v) is 5.91. The molecule has 30 heavy (non-hydrogen) atoms. The van der Waals surface area contributed by atoms with Crippen LogP contribution in [0.25, 0.3) is 6.08 Å². The molecule has 5 heteroatoms. The van der Waals surface area contributed by atoms with Crippen LogP contribution in [0.4, 0.5) is 5.69 Å². The summed E-state index contributed by atoms with van der Waals surface area (Å²) in [5, 5.41) is 0. The molecule has 1 aliphatic rings. The maximum atomic E-state index is 13.4. The second kappa shape index (κ2) is 8.52. The molecule has 0 N–H and O–H groups in total. The zero-order valence-electron chi connectivity index (χ0n) is 18.3. The number of hydrogen-bond donors (Lipinski definition) is 0. The van der Waals surface area contributed by atoms with Gasteiger partial charge in [0.25, 0.3) is 5.91 Å². The lowest BCUT2D eigenvalue weighted by Gasteiger charge is -2.19. The van der Waals surface area contributed by atoms with Gasteiger partial charge in [0, 0.05) is 10.6 Å². The zero-order valence-corrected chi connectivity index (χ0v) is 19.1. The van der Waals surface area contributed by atoms with Crippen molar-refractivity contribution in [1.29, 1.82) is 0 Å². The average Bonchev–Trinajstić information content (AvgIpc) is 2.96. The minimum absolute atomic E-state index is 0.0433. The van der Waals surface area contributed by atoms with Crippen molar-refractivity contribution < 1.29 is 14.3 Å². The number of carbonyl (C=O) groups is 2. The number of rotatable bonds is 4. The van der Waals surface area contributed by atoms with Crippen molar-refractivity contribution in [1.82, 2.24) is 0 Å². The van der Waals surface area contributed by atoms with Crippen molar-refractivity contribution in [3.63, 3.8) is 0 Å². The van der Waals surface area contributed by atoms with E-state index < -0.39 is 5.97 Å². The van der Waals surface area contributed by atoms with Gasteiger partial charge in [0.15, 0.2) is 0 Å². The van der Waals surface area contributed by atoms with E-state index in [1.54, 1.807) is 29.7 Å². The van der Waals surface area contributed by atoms with E-state index in [4.69, 9.17) is 4.74 Å². The molecule has 0 unspecified atom stereocenters. The van der Waals surface area contributed by atoms with Gasteiger partial charge in [0.1, 0.15) is 0 Å². The quantitative estimate of drug-likeness (QED) is 0.367. The van der Waals surface area contributed by atoms with Gasteiger partial charge >= 0.3 is 5.97 Å². The van der Waals surface area contributed by atoms with Crippen molar-refractivity contribution in [3.8, 4) is 0 Å². The molecule has 0 fully saturated rings. The average molecular weight is 422 g/mol. The molecule has 0 aliphatic carbocycles. The minimum Gasteiger partial charge on any atom is -0.465 e. The van der Waals surface area contributed by atoms with Crippen LogP contribution in [-0.4, -0.2) is 25.2 Å². The van der Waals surface area contributed by atoms with Crippen LogP contribution in [-0.2, 0) is 19.7 Å². The predicted octanol–water partition coefficient (Wildman–Crippen LogP) is 5.58. The van der Waals surface area contributed by atoms with Gasteiger partial charge in [0.05, 0.1) is 23.9 Å². The highest BCUT2D eigenvalue weighted by molar-refractivity contribution is 7.98. The van der Waals surface area contributed by atoms with Crippen LogP contribution in [0.15, 0.2) is 70.3 Å². The fourth-order valence-electron chi connectivity index (χ4n) is 3.49. The third kappa shape index (κ3) is 4.21. The summed E-state index contributed by atoms with van der Waals surface area (Å²) in [6.07, 6.45) is 3.75. The van der Waals surface area contributed by atoms with Gasteiger partial charge in [-0.1, -0.05) is 51.1 Å². The summed E-state index contributed by atoms with van der Waals surface area (Å²) in [7, 11) is 1.33. The normalized spacial score (nSPS) is 15.9. The van der Waals surface area contributed by atoms with Gasteiger partial charge in [-0.3, -0.25) is 9.69 Å². The van der Waals surface area contributed by atoms with Gasteiger partial charge in [-0.2, -0.15) is 0 Å². The Hall–Kier alpha value is -2.79. The fraction of sp³-hybridized carbons (Fsp3) is 0.280. The molecule has 0 spiro atoms. The Labute approximate surface area is 182 Å². The van der Waals surface area contributed by atoms with Gasteiger partial charge in [-0.25, -0.2) is 4.79 Å². The molecule has 0 aromatic heterocycles. The summed E-state index contributed by atoms with van der Waals surface area (Å²) in [6, 6.07) is 15.8. The van der Waals surface area contributed by atoms with E-state index in [2.05, 4.69) is 32.9 Å². The highest BCUT2D eigenvalue weighted by Crippen LogP contribution is 2.36. The molecule has 0 bridgehead atoms. The molecule has 0 saturated heterocycles. The summed E-state index contributed by atoms with van der Waals surface area (Å²) in [5.74, 6) is -0.743. The Morgan fingerprint density at radius 2 is 1.77 bits per heavy atom. The van der Waals surface area contributed by atoms with Crippen molar-refractivity contribution in [3.05, 3.63) is 76.5 Å². The van der Waals surface area contributed by atoms with Crippen molar-refractivity contribution in [2.75, 3.05) is 18.3 Å². The number of hydrogen-bond acceptors (Lipinski definition) is 4. The number of carbonyl (C=O) groups excluding carboxylic acids is 2. The van der Waals surface area contributed by atoms with Crippen LogP contribution in [0.5, 0.6) is 0 Å². The number of thioether (sulfide) groups is 1.